The van der Waals surface area contributed by atoms with Crippen molar-refractivity contribution < 1.29 is 5.11 Å². The molecule has 0 atom stereocenters. The van der Waals surface area contributed by atoms with Crippen LogP contribution in [-0.4, -0.2) is 29.2 Å². The minimum Gasteiger partial charge on any atom is -0.393 e. The molecule has 0 spiro atoms. The summed E-state index contributed by atoms with van der Waals surface area (Å²) >= 11 is 0. The molecule has 2 heteroatoms. The number of nitrogens with zero attached hydrogens (tertiary/aromatic N) is 1. The Hall–Kier alpha value is -0.860. The van der Waals surface area contributed by atoms with Crippen LogP contribution in [0.4, 0.5) is 0 Å². The molecule has 1 aromatic carbocycles. The molecule has 1 aliphatic carbocycles. The van der Waals surface area contributed by atoms with E-state index < -0.39 is 0 Å². The zero-order chi connectivity index (χ0) is 13.8. The van der Waals surface area contributed by atoms with Gasteiger partial charge in [0.25, 0.3) is 0 Å². The van der Waals surface area contributed by atoms with Crippen LogP contribution in [0.3, 0.4) is 0 Å². The van der Waals surface area contributed by atoms with Gasteiger partial charge in [-0.15, -0.1) is 0 Å². The van der Waals surface area contributed by atoms with Gasteiger partial charge in [0.1, 0.15) is 0 Å². The van der Waals surface area contributed by atoms with Crippen LogP contribution in [0.2, 0.25) is 0 Å². The standard InChI is InChI=1S/C18H27NO/c20-18-10-8-17(9-11-18)16-6-4-15(5-7-16)14-19-12-2-1-3-13-19/h4-7,17-18,20H,1-3,8-14H2/t17-,18-. The number of hydrogen-bond donors (Lipinski definition) is 1. The van der Waals surface area contributed by atoms with E-state index in [4.69, 9.17) is 0 Å². The number of benzene rings is 1. The highest BCUT2D eigenvalue weighted by Crippen LogP contribution is 2.32. The van der Waals surface area contributed by atoms with Gasteiger partial charge >= 0.3 is 0 Å². The SMILES string of the molecule is O[C@H]1CC[C@H](c2ccc(CN3CCCCC3)cc2)CC1. The monoisotopic (exact) mass is 273 g/mol. The van der Waals surface area contributed by atoms with Gasteiger partial charge in [-0.3, -0.25) is 4.90 Å². The molecule has 20 heavy (non-hydrogen) atoms. The largest absolute Gasteiger partial charge is 0.393 e. The van der Waals surface area contributed by atoms with E-state index in [1.807, 2.05) is 0 Å². The molecule has 1 saturated heterocycles. The summed E-state index contributed by atoms with van der Waals surface area (Å²) in [6.07, 6.45) is 8.32. The van der Waals surface area contributed by atoms with Crippen molar-refractivity contribution in [1.29, 1.82) is 0 Å². The minimum atomic E-state index is -0.0513. The molecule has 1 aliphatic heterocycles. The lowest BCUT2D eigenvalue weighted by molar-refractivity contribution is 0.122. The topological polar surface area (TPSA) is 23.5 Å². The quantitative estimate of drug-likeness (QED) is 0.908. The van der Waals surface area contributed by atoms with E-state index in [0.717, 1.165) is 32.2 Å². The first-order chi connectivity index (χ1) is 9.81. The van der Waals surface area contributed by atoms with E-state index in [9.17, 15) is 5.11 Å². The fourth-order valence-electron chi connectivity index (χ4n) is 3.68. The number of likely N-dealkylation sites (tertiary alicyclic amines) is 1. The van der Waals surface area contributed by atoms with Crippen molar-refractivity contribution in [3.05, 3.63) is 35.4 Å². The van der Waals surface area contributed by atoms with Crippen molar-refractivity contribution in [2.75, 3.05) is 13.1 Å². The van der Waals surface area contributed by atoms with Crippen LogP contribution >= 0.6 is 0 Å². The minimum absolute atomic E-state index is 0.0513. The van der Waals surface area contributed by atoms with E-state index in [1.54, 1.807) is 0 Å². The Bertz CT molecular complexity index is 400. The van der Waals surface area contributed by atoms with Crippen LogP contribution in [0.1, 0.15) is 62.0 Å². The Morgan fingerprint density at radius 3 is 2.20 bits per heavy atom. The number of aliphatic hydroxyl groups is 1. The molecule has 2 nitrogen and oxygen atoms in total. The lowest BCUT2D eigenvalue weighted by atomic mass is 9.82. The summed E-state index contributed by atoms with van der Waals surface area (Å²) in [5, 5.41) is 9.59. The van der Waals surface area contributed by atoms with Crippen LogP contribution in [0.15, 0.2) is 24.3 Å². The predicted molar refractivity (Wildman–Crippen MR) is 82.8 cm³/mol. The molecular formula is C18H27NO. The Morgan fingerprint density at radius 2 is 1.55 bits per heavy atom. The van der Waals surface area contributed by atoms with Crippen LogP contribution in [-0.2, 0) is 6.54 Å². The Balaban J connectivity index is 1.56. The third-order valence-electron chi connectivity index (χ3n) is 5.00. The van der Waals surface area contributed by atoms with Crippen LogP contribution in [0.25, 0.3) is 0 Å². The van der Waals surface area contributed by atoms with Gasteiger partial charge in [-0.1, -0.05) is 30.7 Å². The first-order valence-electron chi connectivity index (χ1n) is 8.30. The zero-order valence-electron chi connectivity index (χ0n) is 12.4. The molecule has 0 aromatic heterocycles. The number of hydrogen-bond acceptors (Lipinski definition) is 2. The fraction of sp³-hybridized carbons (Fsp3) is 0.667. The Morgan fingerprint density at radius 1 is 0.900 bits per heavy atom. The maximum Gasteiger partial charge on any atom is 0.0540 e. The lowest BCUT2D eigenvalue weighted by Crippen LogP contribution is -2.29. The summed E-state index contributed by atoms with van der Waals surface area (Å²) in [7, 11) is 0. The van der Waals surface area contributed by atoms with Crippen molar-refractivity contribution in [3.8, 4) is 0 Å². The normalized spacial score (nSPS) is 28.4. The smallest absolute Gasteiger partial charge is 0.0540 e. The van der Waals surface area contributed by atoms with Crippen molar-refractivity contribution >= 4 is 0 Å². The van der Waals surface area contributed by atoms with Crippen molar-refractivity contribution in [2.24, 2.45) is 0 Å². The Kier molecular flexibility index (Phi) is 4.74. The molecule has 3 rings (SSSR count). The molecule has 2 aliphatic rings. The van der Waals surface area contributed by atoms with Gasteiger partial charge in [-0.05, 0) is 68.7 Å². The highest BCUT2D eigenvalue weighted by atomic mass is 16.3. The summed E-state index contributed by atoms with van der Waals surface area (Å²) in [5.41, 5.74) is 2.92. The molecule has 1 N–H and O–H groups in total. The van der Waals surface area contributed by atoms with Gasteiger partial charge in [0.05, 0.1) is 6.10 Å². The molecule has 1 aromatic rings. The van der Waals surface area contributed by atoms with Crippen LogP contribution < -0.4 is 0 Å². The summed E-state index contributed by atoms with van der Waals surface area (Å²) in [6.45, 7) is 3.65. The average Bonchev–Trinajstić information content (AvgIpc) is 2.50. The van der Waals surface area contributed by atoms with Gasteiger partial charge in [0.2, 0.25) is 0 Å². The van der Waals surface area contributed by atoms with Crippen molar-refractivity contribution in [1.82, 2.24) is 4.90 Å². The molecule has 0 amide bonds. The van der Waals surface area contributed by atoms with Gasteiger partial charge in [0.15, 0.2) is 0 Å². The highest BCUT2D eigenvalue weighted by Gasteiger charge is 2.20. The molecule has 0 radical (unpaired) electrons. The molecular weight excluding hydrogens is 246 g/mol. The van der Waals surface area contributed by atoms with Gasteiger partial charge in [-0.2, -0.15) is 0 Å². The highest BCUT2D eigenvalue weighted by molar-refractivity contribution is 5.25. The maximum absolute atomic E-state index is 9.59. The molecule has 1 heterocycles. The molecule has 0 bridgehead atoms. The second kappa shape index (κ2) is 6.73. The summed E-state index contributed by atoms with van der Waals surface area (Å²) in [5.74, 6) is 0.669. The number of aliphatic hydroxyl groups excluding tert-OH is 1. The maximum atomic E-state index is 9.59. The van der Waals surface area contributed by atoms with Crippen molar-refractivity contribution in [2.45, 2.75) is 63.5 Å². The Labute approximate surface area is 122 Å². The zero-order valence-corrected chi connectivity index (χ0v) is 12.4. The van der Waals surface area contributed by atoms with E-state index in [0.29, 0.717) is 5.92 Å². The van der Waals surface area contributed by atoms with Crippen LogP contribution in [0.5, 0.6) is 0 Å². The molecule has 2 fully saturated rings. The first-order valence-corrected chi connectivity index (χ1v) is 8.30. The molecule has 1 saturated carbocycles. The second-order valence-corrected chi connectivity index (χ2v) is 6.58. The number of piperidine rings is 1. The molecule has 110 valence electrons. The third kappa shape index (κ3) is 3.62. The van der Waals surface area contributed by atoms with Gasteiger partial charge < -0.3 is 5.11 Å². The third-order valence-corrected chi connectivity index (χ3v) is 5.00. The van der Waals surface area contributed by atoms with E-state index >= 15 is 0 Å². The van der Waals surface area contributed by atoms with E-state index in [2.05, 4.69) is 29.2 Å². The second-order valence-electron chi connectivity index (χ2n) is 6.58. The molecule has 0 unspecified atom stereocenters. The van der Waals surface area contributed by atoms with Crippen molar-refractivity contribution in [3.63, 3.8) is 0 Å². The fourth-order valence-corrected chi connectivity index (χ4v) is 3.68. The van der Waals surface area contributed by atoms with E-state index in [-0.39, 0.29) is 6.10 Å². The predicted octanol–water partition coefficient (Wildman–Crippen LogP) is 3.69. The lowest BCUT2D eigenvalue weighted by Gasteiger charge is -2.27. The van der Waals surface area contributed by atoms with Gasteiger partial charge in [-0.25, -0.2) is 0 Å². The van der Waals surface area contributed by atoms with Crippen LogP contribution in [0, 0.1) is 0 Å². The van der Waals surface area contributed by atoms with Gasteiger partial charge in [0, 0.05) is 6.54 Å². The summed E-state index contributed by atoms with van der Waals surface area (Å²) in [4.78, 5) is 2.58. The first kappa shape index (κ1) is 14.1. The summed E-state index contributed by atoms with van der Waals surface area (Å²) < 4.78 is 0. The summed E-state index contributed by atoms with van der Waals surface area (Å²) in [6, 6.07) is 9.27. The average molecular weight is 273 g/mol. The van der Waals surface area contributed by atoms with E-state index in [1.165, 1.54) is 43.5 Å². The number of rotatable bonds is 3.